The zero-order valence-electron chi connectivity index (χ0n) is 13.4. The summed E-state index contributed by atoms with van der Waals surface area (Å²) in [5.74, 6) is 0.954. The Morgan fingerprint density at radius 3 is 2.19 bits per heavy atom. The van der Waals surface area contributed by atoms with E-state index >= 15 is 0 Å². The minimum Gasteiger partial charge on any atom is -0.311 e. The third-order valence-electron chi connectivity index (χ3n) is 5.32. The molecule has 0 bridgehead atoms. The molecule has 1 aliphatic heterocycles. The third-order valence-corrected chi connectivity index (χ3v) is 5.32. The van der Waals surface area contributed by atoms with Gasteiger partial charge in [0.1, 0.15) is 0 Å². The fourth-order valence-corrected chi connectivity index (χ4v) is 3.86. The molecule has 21 heavy (non-hydrogen) atoms. The number of nitrogens with zero attached hydrogens (tertiary/aromatic N) is 1. The lowest BCUT2D eigenvalue weighted by molar-refractivity contribution is 0.174. The molecule has 116 valence electrons. The molecule has 1 aromatic rings. The molecule has 0 atom stereocenters. The van der Waals surface area contributed by atoms with E-state index in [0.29, 0.717) is 0 Å². The maximum atomic E-state index is 3.94. The van der Waals surface area contributed by atoms with E-state index in [2.05, 4.69) is 47.5 Å². The van der Waals surface area contributed by atoms with Crippen LogP contribution in [0.1, 0.15) is 51.0 Å². The van der Waals surface area contributed by atoms with Crippen molar-refractivity contribution in [3.05, 3.63) is 35.9 Å². The zero-order chi connectivity index (χ0) is 14.5. The second kappa shape index (κ2) is 7.42. The smallest absolute Gasteiger partial charge is 0.0233 e. The summed E-state index contributed by atoms with van der Waals surface area (Å²) < 4.78 is 0. The molecule has 1 saturated carbocycles. The van der Waals surface area contributed by atoms with E-state index in [1.165, 1.54) is 57.2 Å². The van der Waals surface area contributed by atoms with Gasteiger partial charge in [-0.15, -0.1) is 0 Å². The standard InChI is InChI=1S/C19H30N2/c1-16-7-9-18(10-8-16)20-19-11-13-21(14-12-19)15-17-5-3-2-4-6-17/h2-6,16,18-20H,7-15H2,1H3. The molecule has 2 fully saturated rings. The van der Waals surface area contributed by atoms with Gasteiger partial charge in [-0.05, 0) is 63.1 Å². The Labute approximate surface area is 129 Å². The number of hydrogen-bond donors (Lipinski definition) is 1. The average Bonchev–Trinajstić information content (AvgIpc) is 2.53. The Kier molecular flexibility index (Phi) is 5.32. The van der Waals surface area contributed by atoms with Crippen molar-refractivity contribution in [3.63, 3.8) is 0 Å². The van der Waals surface area contributed by atoms with Gasteiger partial charge in [-0.2, -0.15) is 0 Å². The third kappa shape index (κ3) is 4.55. The molecule has 1 aromatic carbocycles. The van der Waals surface area contributed by atoms with E-state index in [1.54, 1.807) is 0 Å². The highest BCUT2D eigenvalue weighted by Crippen LogP contribution is 2.25. The molecule has 2 aliphatic rings. The zero-order valence-corrected chi connectivity index (χ0v) is 13.4. The first-order valence-corrected chi connectivity index (χ1v) is 8.82. The molecule has 0 radical (unpaired) electrons. The minimum atomic E-state index is 0.760. The molecule has 1 saturated heterocycles. The van der Waals surface area contributed by atoms with Gasteiger partial charge in [0.25, 0.3) is 0 Å². The van der Waals surface area contributed by atoms with Crippen molar-refractivity contribution in [2.24, 2.45) is 5.92 Å². The van der Waals surface area contributed by atoms with Crippen LogP contribution in [-0.2, 0) is 6.54 Å². The molecular weight excluding hydrogens is 256 g/mol. The normalized spacial score (nSPS) is 28.6. The van der Waals surface area contributed by atoms with E-state index in [4.69, 9.17) is 0 Å². The van der Waals surface area contributed by atoms with Gasteiger partial charge in [0.05, 0.1) is 0 Å². The quantitative estimate of drug-likeness (QED) is 0.905. The van der Waals surface area contributed by atoms with Gasteiger partial charge >= 0.3 is 0 Å². The van der Waals surface area contributed by atoms with Gasteiger partial charge in [-0.1, -0.05) is 37.3 Å². The summed E-state index contributed by atoms with van der Waals surface area (Å²) in [5.41, 5.74) is 1.45. The van der Waals surface area contributed by atoms with Crippen LogP contribution >= 0.6 is 0 Å². The number of hydrogen-bond acceptors (Lipinski definition) is 2. The Hall–Kier alpha value is -0.860. The average molecular weight is 286 g/mol. The summed E-state index contributed by atoms with van der Waals surface area (Å²) in [6.45, 7) is 6.01. The molecule has 0 aromatic heterocycles. The first-order valence-electron chi connectivity index (χ1n) is 8.82. The molecule has 1 aliphatic carbocycles. The van der Waals surface area contributed by atoms with Crippen molar-refractivity contribution in [3.8, 4) is 0 Å². The number of benzene rings is 1. The van der Waals surface area contributed by atoms with Crippen LogP contribution in [0, 0.1) is 5.92 Å². The van der Waals surface area contributed by atoms with Gasteiger partial charge < -0.3 is 5.32 Å². The highest BCUT2D eigenvalue weighted by Gasteiger charge is 2.24. The Morgan fingerprint density at radius 1 is 0.905 bits per heavy atom. The summed E-state index contributed by atoms with van der Waals surface area (Å²) in [5, 5.41) is 3.94. The van der Waals surface area contributed by atoms with Crippen LogP contribution in [0.4, 0.5) is 0 Å². The van der Waals surface area contributed by atoms with E-state index in [-0.39, 0.29) is 0 Å². The highest BCUT2D eigenvalue weighted by molar-refractivity contribution is 5.14. The molecule has 1 N–H and O–H groups in total. The van der Waals surface area contributed by atoms with Crippen LogP contribution in [-0.4, -0.2) is 30.1 Å². The van der Waals surface area contributed by atoms with Crippen molar-refractivity contribution in [1.29, 1.82) is 0 Å². The Morgan fingerprint density at radius 2 is 1.52 bits per heavy atom. The molecule has 0 amide bonds. The first kappa shape index (κ1) is 15.1. The van der Waals surface area contributed by atoms with Gasteiger partial charge in [0.15, 0.2) is 0 Å². The van der Waals surface area contributed by atoms with Crippen LogP contribution in [0.3, 0.4) is 0 Å². The van der Waals surface area contributed by atoms with Crippen LogP contribution in [0.25, 0.3) is 0 Å². The maximum Gasteiger partial charge on any atom is 0.0233 e. The van der Waals surface area contributed by atoms with Crippen molar-refractivity contribution in [2.45, 2.75) is 64.1 Å². The molecule has 0 spiro atoms. The topological polar surface area (TPSA) is 15.3 Å². The lowest BCUT2D eigenvalue weighted by atomic mass is 9.86. The van der Waals surface area contributed by atoms with Gasteiger partial charge in [-0.3, -0.25) is 4.90 Å². The largest absolute Gasteiger partial charge is 0.311 e. The lowest BCUT2D eigenvalue weighted by Crippen LogP contribution is -2.46. The molecular formula is C19H30N2. The fourth-order valence-electron chi connectivity index (χ4n) is 3.86. The number of piperidine rings is 1. The van der Waals surface area contributed by atoms with Crippen LogP contribution < -0.4 is 5.32 Å². The van der Waals surface area contributed by atoms with E-state index < -0.39 is 0 Å². The number of likely N-dealkylation sites (tertiary alicyclic amines) is 1. The first-order chi connectivity index (χ1) is 10.3. The SMILES string of the molecule is CC1CCC(NC2CCN(Cc3ccccc3)CC2)CC1. The predicted molar refractivity (Wildman–Crippen MR) is 89.3 cm³/mol. The van der Waals surface area contributed by atoms with E-state index in [0.717, 1.165) is 24.5 Å². The molecule has 1 heterocycles. The number of nitrogens with one attached hydrogen (secondary N) is 1. The summed E-state index contributed by atoms with van der Waals surface area (Å²) in [4.78, 5) is 2.61. The van der Waals surface area contributed by atoms with Crippen molar-refractivity contribution < 1.29 is 0 Å². The van der Waals surface area contributed by atoms with Crippen LogP contribution in [0.2, 0.25) is 0 Å². The van der Waals surface area contributed by atoms with Gasteiger partial charge in [0, 0.05) is 18.6 Å². The summed E-state index contributed by atoms with van der Waals surface area (Å²) in [6, 6.07) is 12.4. The highest BCUT2D eigenvalue weighted by atomic mass is 15.1. The molecule has 2 heteroatoms. The monoisotopic (exact) mass is 286 g/mol. The molecule has 0 unspecified atom stereocenters. The lowest BCUT2D eigenvalue weighted by Gasteiger charge is -2.36. The Bertz CT molecular complexity index is 401. The van der Waals surface area contributed by atoms with Crippen molar-refractivity contribution >= 4 is 0 Å². The van der Waals surface area contributed by atoms with Crippen LogP contribution in [0.5, 0.6) is 0 Å². The second-order valence-corrected chi connectivity index (χ2v) is 7.16. The fraction of sp³-hybridized carbons (Fsp3) is 0.684. The molecule has 3 rings (SSSR count). The summed E-state index contributed by atoms with van der Waals surface area (Å²) in [6.07, 6.45) is 8.27. The predicted octanol–water partition coefficient (Wildman–Crippen LogP) is 3.82. The minimum absolute atomic E-state index is 0.760. The van der Waals surface area contributed by atoms with Crippen LogP contribution in [0.15, 0.2) is 30.3 Å². The van der Waals surface area contributed by atoms with Crippen molar-refractivity contribution in [1.82, 2.24) is 10.2 Å². The summed E-state index contributed by atoms with van der Waals surface area (Å²) >= 11 is 0. The Balaban J connectivity index is 1.39. The van der Waals surface area contributed by atoms with Gasteiger partial charge in [0.2, 0.25) is 0 Å². The van der Waals surface area contributed by atoms with Crippen molar-refractivity contribution in [2.75, 3.05) is 13.1 Å². The maximum absolute atomic E-state index is 3.94. The second-order valence-electron chi connectivity index (χ2n) is 7.16. The van der Waals surface area contributed by atoms with Gasteiger partial charge in [-0.25, -0.2) is 0 Å². The van der Waals surface area contributed by atoms with E-state index in [1.807, 2.05) is 0 Å². The van der Waals surface area contributed by atoms with E-state index in [9.17, 15) is 0 Å². The molecule has 2 nitrogen and oxygen atoms in total. The number of rotatable bonds is 4. The summed E-state index contributed by atoms with van der Waals surface area (Å²) in [7, 11) is 0.